The molecule has 0 radical (unpaired) electrons. The van der Waals surface area contributed by atoms with E-state index in [9.17, 15) is 9.90 Å². The van der Waals surface area contributed by atoms with Gasteiger partial charge in [-0.05, 0) is 44.9 Å². The molecule has 0 bridgehead atoms. The highest BCUT2D eigenvalue weighted by molar-refractivity contribution is 5.68. The third-order valence-corrected chi connectivity index (χ3v) is 3.78. The minimum atomic E-state index is -0.588. The number of aliphatic hydroxyl groups is 1. The molecule has 122 valence electrons. The summed E-state index contributed by atoms with van der Waals surface area (Å²) in [6.07, 6.45) is -0.235. The molecule has 0 aromatic heterocycles. The molecule has 1 saturated heterocycles. The van der Waals surface area contributed by atoms with E-state index in [2.05, 4.69) is 0 Å². The second kappa shape index (κ2) is 6.57. The molecule has 0 unspecified atom stereocenters. The van der Waals surface area contributed by atoms with Gasteiger partial charge in [0.15, 0.2) is 0 Å². The molecule has 1 N–H and O–H groups in total. The number of likely N-dealkylation sites (tertiary alicyclic amines) is 1. The maximum Gasteiger partial charge on any atom is 0.410 e. The minimum Gasteiger partial charge on any atom is -0.497 e. The summed E-state index contributed by atoms with van der Waals surface area (Å²) in [5.41, 5.74) is 0.548. The summed E-state index contributed by atoms with van der Waals surface area (Å²) >= 11 is 0. The lowest BCUT2D eigenvalue weighted by atomic mass is 9.87. The van der Waals surface area contributed by atoms with Crippen LogP contribution in [-0.4, -0.2) is 48.0 Å². The number of ether oxygens (including phenoxy) is 2. The van der Waals surface area contributed by atoms with Gasteiger partial charge in [0, 0.05) is 12.5 Å². The number of β-amino-alcohol motifs (C(OH)–C–C–N with tert-alkyl or cyclic N) is 1. The van der Waals surface area contributed by atoms with Gasteiger partial charge >= 0.3 is 6.09 Å². The third kappa shape index (κ3) is 4.13. The number of amides is 1. The van der Waals surface area contributed by atoms with Gasteiger partial charge in [-0.3, -0.25) is 0 Å². The van der Waals surface area contributed by atoms with Crippen LogP contribution in [0.2, 0.25) is 0 Å². The summed E-state index contributed by atoms with van der Waals surface area (Å²) < 4.78 is 10.5. The summed E-state index contributed by atoms with van der Waals surface area (Å²) in [5.74, 6) is 0.828. The second-order valence-electron chi connectivity index (χ2n) is 6.66. The number of piperidine rings is 1. The number of hydrogen-bond donors (Lipinski definition) is 1. The van der Waals surface area contributed by atoms with E-state index in [0.717, 1.165) is 11.3 Å². The van der Waals surface area contributed by atoms with Crippen molar-refractivity contribution < 1.29 is 19.4 Å². The Morgan fingerprint density at radius 2 is 1.91 bits per heavy atom. The lowest BCUT2D eigenvalue weighted by Gasteiger charge is -2.36. The van der Waals surface area contributed by atoms with Crippen LogP contribution in [0.15, 0.2) is 24.3 Å². The van der Waals surface area contributed by atoms with Crippen molar-refractivity contribution in [1.82, 2.24) is 4.90 Å². The number of rotatable bonds is 2. The van der Waals surface area contributed by atoms with Gasteiger partial charge in [-0.1, -0.05) is 12.1 Å². The number of nitrogens with zero attached hydrogens (tertiary/aromatic N) is 1. The van der Waals surface area contributed by atoms with E-state index in [-0.39, 0.29) is 12.0 Å². The largest absolute Gasteiger partial charge is 0.497 e. The maximum absolute atomic E-state index is 12.1. The van der Waals surface area contributed by atoms with Gasteiger partial charge in [0.2, 0.25) is 0 Å². The summed E-state index contributed by atoms with van der Waals surface area (Å²) in [6, 6.07) is 7.72. The van der Waals surface area contributed by atoms with Gasteiger partial charge in [-0.2, -0.15) is 0 Å². The van der Waals surface area contributed by atoms with Crippen LogP contribution in [-0.2, 0) is 4.74 Å². The van der Waals surface area contributed by atoms with E-state index in [0.29, 0.717) is 19.5 Å². The molecule has 2 rings (SSSR count). The average Bonchev–Trinajstić information content (AvgIpc) is 2.45. The van der Waals surface area contributed by atoms with E-state index in [1.807, 2.05) is 45.0 Å². The molecule has 1 aromatic carbocycles. The van der Waals surface area contributed by atoms with Gasteiger partial charge in [0.1, 0.15) is 11.4 Å². The highest BCUT2D eigenvalue weighted by Crippen LogP contribution is 2.30. The van der Waals surface area contributed by atoms with E-state index in [1.54, 1.807) is 12.0 Å². The lowest BCUT2D eigenvalue weighted by molar-refractivity contribution is -0.00152. The fourth-order valence-electron chi connectivity index (χ4n) is 2.66. The van der Waals surface area contributed by atoms with Crippen LogP contribution in [0, 0.1) is 0 Å². The molecule has 1 aliphatic heterocycles. The normalized spacial score (nSPS) is 22.3. The summed E-state index contributed by atoms with van der Waals surface area (Å²) in [7, 11) is 1.63. The van der Waals surface area contributed by atoms with Crippen LogP contribution in [0.5, 0.6) is 5.75 Å². The molecule has 2 atom stereocenters. The monoisotopic (exact) mass is 307 g/mol. The molecule has 1 aliphatic rings. The Hall–Kier alpha value is -1.75. The summed E-state index contributed by atoms with van der Waals surface area (Å²) in [4.78, 5) is 13.6. The van der Waals surface area contributed by atoms with Gasteiger partial charge in [0.05, 0.1) is 19.8 Å². The predicted octanol–water partition coefficient (Wildman–Crippen LogP) is 2.78. The van der Waals surface area contributed by atoms with E-state index < -0.39 is 11.7 Å². The van der Waals surface area contributed by atoms with Gasteiger partial charge in [-0.25, -0.2) is 4.79 Å². The predicted molar refractivity (Wildman–Crippen MR) is 84.2 cm³/mol. The molecular formula is C17H25NO4. The van der Waals surface area contributed by atoms with E-state index >= 15 is 0 Å². The van der Waals surface area contributed by atoms with Crippen LogP contribution in [0.1, 0.15) is 38.7 Å². The number of aliphatic hydroxyl groups excluding tert-OH is 1. The van der Waals surface area contributed by atoms with Crippen LogP contribution in [0.25, 0.3) is 0 Å². The van der Waals surface area contributed by atoms with Crippen molar-refractivity contribution in [3.05, 3.63) is 29.8 Å². The molecule has 1 amide bonds. The zero-order chi connectivity index (χ0) is 16.3. The quantitative estimate of drug-likeness (QED) is 0.913. The molecule has 0 spiro atoms. The molecule has 1 fully saturated rings. The molecule has 0 aliphatic carbocycles. The molecule has 5 heteroatoms. The Kier molecular flexibility index (Phi) is 4.96. The zero-order valence-electron chi connectivity index (χ0n) is 13.7. The Labute approximate surface area is 131 Å². The van der Waals surface area contributed by atoms with Gasteiger partial charge in [0.25, 0.3) is 0 Å². The highest BCUT2D eigenvalue weighted by Gasteiger charge is 2.33. The number of methoxy groups -OCH3 is 1. The molecule has 5 nitrogen and oxygen atoms in total. The summed E-state index contributed by atoms with van der Waals surface area (Å²) in [6.45, 7) is 6.40. The van der Waals surface area contributed by atoms with Crippen LogP contribution < -0.4 is 4.74 Å². The van der Waals surface area contributed by atoms with Crippen LogP contribution in [0.3, 0.4) is 0 Å². The Balaban J connectivity index is 1.98. The fraction of sp³-hybridized carbons (Fsp3) is 0.588. The van der Waals surface area contributed by atoms with Crippen molar-refractivity contribution in [1.29, 1.82) is 0 Å². The van der Waals surface area contributed by atoms with Crippen molar-refractivity contribution in [2.45, 2.75) is 44.8 Å². The average molecular weight is 307 g/mol. The molecule has 22 heavy (non-hydrogen) atoms. The number of hydrogen-bond acceptors (Lipinski definition) is 4. The SMILES string of the molecule is COc1ccc([C@H]2CCN(C(=O)OC(C)(C)C)C[C@H]2O)cc1. The first-order valence-electron chi connectivity index (χ1n) is 7.60. The van der Waals surface area contributed by atoms with Crippen molar-refractivity contribution in [3.63, 3.8) is 0 Å². The lowest BCUT2D eigenvalue weighted by Crippen LogP contribution is -2.47. The first-order chi connectivity index (χ1) is 10.3. The first-order valence-corrected chi connectivity index (χ1v) is 7.60. The number of carbonyl (C=O) groups excluding carboxylic acids is 1. The smallest absolute Gasteiger partial charge is 0.410 e. The van der Waals surface area contributed by atoms with Gasteiger partial charge < -0.3 is 19.5 Å². The second-order valence-corrected chi connectivity index (χ2v) is 6.66. The first kappa shape index (κ1) is 16.6. The van der Waals surface area contributed by atoms with Gasteiger partial charge in [-0.15, -0.1) is 0 Å². The Morgan fingerprint density at radius 3 is 2.41 bits per heavy atom. The highest BCUT2D eigenvalue weighted by atomic mass is 16.6. The summed E-state index contributed by atoms with van der Waals surface area (Å²) in [5, 5.41) is 10.4. The van der Waals surface area contributed by atoms with Crippen molar-refractivity contribution >= 4 is 6.09 Å². The molecular weight excluding hydrogens is 282 g/mol. The molecule has 0 saturated carbocycles. The van der Waals surface area contributed by atoms with Crippen LogP contribution >= 0.6 is 0 Å². The number of benzene rings is 1. The standard InChI is InChI=1S/C17H25NO4/c1-17(2,3)22-16(20)18-10-9-14(15(19)11-18)12-5-7-13(21-4)8-6-12/h5-8,14-15,19H,9-11H2,1-4H3/t14-,15-/m1/s1. The van der Waals surface area contributed by atoms with E-state index in [4.69, 9.17) is 9.47 Å². The van der Waals surface area contributed by atoms with Crippen molar-refractivity contribution in [3.8, 4) is 5.75 Å². The minimum absolute atomic E-state index is 0.0320. The zero-order valence-corrected chi connectivity index (χ0v) is 13.7. The van der Waals surface area contributed by atoms with Crippen LogP contribution in [0.4, 0.5) is 4.79 Å². The fourth-order valence-corrected chi connectivity index (χ4v) is 2.66. The number of carbonyl (C=O) groups is 1. The topological polar surface area (TPSA) is 59.0 Å². The molecule has 1 heterocycles. The van der Waals surface area contributed by atoms with Crippen molar-refractivity contribution in [2.75, 3.05) is 20.2 Å². The Morgan fingerprint density at radius 1 is 1.27 bits per heavy atom. The van der Waals surface area contributed by atoms with Crippen molar-refractivity contribution in [2.24, 2.45) is 0 Å². The Bertz CT molecular complexity index is 506. The molecule has 1 aromatic rings. The maximum atomic E-state index is 12.1. The third-order valence-electron chi connectivity index (χ3n) is 3.78. The van der Waals surface area contributed by atoms with E-state index in [1.165, 1.54) is 0 Å².